The van der Waals surface area contributed by atoms with Crippen LogP contribution in [-0.4, -0.2) is 10.4 Å². The van der Waals surface area contributed by atoms with Gasteiger partial charge < -0.3 is 0 Å². The molecule has 0 spiro atoms. The van der Waals surface area contributed by atoms with Crippen molar-refractivity contribution in [2.45, 2.75) is 3.91 Å². The van der Waals surface area contributed by atoms with Crippen LogP contribution in [0.25, 0.3) is 0 Å². The Balaban J connectivity index is 2.83. The first-order chi connectivity index (χ1) is 2.31. The average molecular weight is 120 g/mol. The minimum absolute atomic E-state index is 0.417. The molecule has 26 valence electrons. The van der Waals surface area contributed by atoms with E-state index < -0.39 is 7.33 Å². The second-order valence-corrected chi connectivity index (χ2v) is 10.0. The molecule has 0 amide bonds. The molecule has 5 heavy (non-hydrogen) atoms. The van der Waals surface area contributed by atoms with E-state index in [0.29, 0.717) is 0 Å². The number of rotatable bonds is 0. The Kier molecular flexibility index (Phi) is 0.373. The van der Waals surface area contributed by atoms with Crippen molar-refractivity contribution in [1.82, 2.24) is 0 Å². The van der Waals surface area contributed by atoms with E-state index in [2.05, 4.69) is 0 Å². The third kappa shape index (κ3) is 0.289. The molecule has 0 unspecified atom stereocenters. The number of fused-ring (bicyclic) bond motifs is 1. The van der Waals surface area contributed by atoms with Gasteiger partial charge in [-0.15, -0.1) is 0 Å². The van der Waals surface area contributed by atoms with Crippen molar-refractivity contribution >= 4 is 35.4 Å². The molecule has 2 heterocycles. The zero-order valence-electron chi connectivity index (χ0n) is 2.38. The van der Waals surface area contributed by atoms with Crippen molar-refractivity contribution in [2.24, 2.45) is 0 Å². The summed E-state index contributed by atoms with van der Waals surface area (Å²) in [7, 11) is 3.48. The van der Waals surface area contributed by atoms with Crippen molar-refractivity contribution in [1.29, 1.82) is 0 Å². The topological polar surface area (TPSA) is 0 Å². The summed E-state index contributed by atoms with van der Waals surface area (Å²) in [4.78, 5) is 0. The quantitative estimate of drug-likeness (QED) is 0.270. The van der Waals surface area contributed by atoms with Gasteiger partial charge in [0.15, 0.2) is 0 Å². The van der Waals surface area contributed by atoms with Crippen LogP contribution in [0.15, 0.2) is 0 Å². The van der Waals surface area contributed by atoms with E-state index >= 15 is 0 Å². The molecular weight excluding hydrogens is 119 g/mol. The van der Waals surface area contributed by atoms with E-state index in [-0.39, 0.29) is 0 Å². The van der Waals surface area contributed by atoms with Gasteiger partial charge >= 0.3 is 39.4 Å². The number of hydrogen-bond acceptors (Lipinski definition) is 2. The SMILES string of the molecule is B#S12SC1S2. The zero-order chi connectivity index (χ0) is 3.49. The third-order valence-corrected chi connectivity index (χ3v) is 10.1. The fraction of sp³-hybridized carbons (Fsp3) is 1.00. The molecule has 0 aromatic carbocycles. The van der Waals surface area contributed by atoms with E-state index in [1.165, 1.54) is 0 Å². The minimum atomic E-state index is -0.417. The molecule has 2 saturated heterocycles. The van der Waals surface area contributed by atoms with Gasteiger partial charge in [-0.3, -0.25) is 0 Å². The van der Waals surface area contributed by atoms with E-state index in [4.69, 9.17) is 6.53 Å². The van der Waals surface area contributed by atoms with Crippen LogP contribution >= 0.6 is 28.9 Å². The summed E-state index contributed by atoms with van der Waals surface area (Å²) in [5.41, 5.74) is 0. The molecule has 2 fully saturated rings. The maximum absolute atomic E-state index is 5.55. The van der Waals surface area contributed by atoms with Gasteiger partial charge in [-0.05, 0) is 0 Å². The predicted molar refractivity (Wildman–Crippen MR) is 32.3 cm³/mol. The predicted octanol–water partition coefficient (Wildman–Crippen LogP) is 1.48. The van der Waals surface area contributed by atoms with Crippen molar-refractivity contribution < 1.29 is 0 Å². The fourth-order valence-corrected chi connectivity index (χ4v) is 7.33. The Morgan fingerprint density at radius 3 is 1.80 bits per heavy atom. The molecule has 0 aromatic heterocycles. The fourth-order valence-electron chi connectivity index (χ4n) is 0.207. The van der Waals surface area contributed by atoms with Crippen LogP contribution in [-0.2, 0) is 0 Å². The van der Waals surface area contributed by atoms with Gasteiger partial charge in [0.05, 0.1) is 0 Å². The van der Waals surface area contributed by atoms with Gasteiger partial charge in [0.1, 0.15) is 0 Å². The molecule has 0 bridgehead atoms. The summed E-state index contributed by atoms with van der Waals surface area (Å²) < 4.78 is 0.891. The molecule has 0 aliphatic carbocycles. The maximum atomic E-state index is 5.55. The number of hydrogen-bond donors (Lipinski definition) is 0. The van der Waals surface area contributed by atoms with E-state index in [0.717, 1.165) is 3.91 Å². The molecule has 0 radical (unpaired) electrons. The summed E-state index contributed by atoms with van der Waals surface area (Å²) in [5, 5.41) is 0. The summed E-state index contributed by atoms with van der Waals surface area (Å²) in [6, 6.07) is 0. The molecular formula is CHBS3. The molecule has 0 N–H and O–H groups in total. The van der Waals surface area contributed by atoms with E-state index in [9.17, 15) is 0 Å². The second-order valence-electron chi connectivity index (χ2n) is 1.07. The van der Waals surface area contributed by atoms with Crippen LogP contribution in [0.1, 0.15) is 0 Å². The summed E-state index contributed by atoms with van der Waals surface area (Å²) >= 11 is 0. The Hall–Kier alpha value is 1.11. The molecule has 2 rings (SSSR count). The van der Waals surface area contributed by atoms with Crippen molar-refractivity contribution in [3.05, 3.63) is 0 Å². The van der Waals surface area contributed by atoms with Gasteiger partial charge in [-0.1, -0.05) is 0 Å². The van der Waals surface area contributed by atoms with Crippen molar-refractivity contribution in [3.8, 4) is 0 Å². The second kappa shape index (κ2) is 0.590. The van der Waals surface area contributed by atoms with Crippen LogP contribution in [0.3, 0.4) is 0 Å². The zero-order valence-corrected chi connectivity index (χ0v) is 4.83. The molecule has 4 heteroatoms. The van der Waals surface area contributed by atoms with Crippen LogP contribution < -0.4 is 0 Å². The Morgan fingerprint density at radius 1 is 1.60 bits per heavy atom. The van der Waals surface area contributed by atoms with Crippen molar-refractivity contribution in [3.63, 3.8) is 0 Å². The first-order valence-electron chi connectivity index (χ1n) is 1.28. The van der Waals surface area contributed by atoms with Crippen LogP contribution in [0.2, 0.25) is 0 Å². The Morgan fingerprint density at radius 2 is 1.80 bits per heavy atom. The molecule has 2 aliphatic rings. The summed E-state index contributed by atoms with van der Waals surface area (Å²) in [6.45, 7) is 5.55. The van der Waals surface area contributed by atoms with E-state index in [1.54, 1.807) is 0 Å². The van der Waals surface area contributed by atoms with Crippen LogP contribution in [0.5, 0.6) is 0 Å². The molecule has 2 aliphatic heterocycles. The van der Waals surface area contributed by atoms with Crippen molar-refractivity contribution in [2.75, 3.05) is 0 Å². The Bertz CT molecular complexity index is 149. The first-order valence-corrected chi connectivity index (χ1v) is 5.83. The van der Waals surface area contributed by atoms with Crippen LogP contribution in [0.4, 0.5) is 0 Å². The summed E-state index contributed by atoms with van der Waals surface area (Å²) in [5.74, 6) is 0. The van der Waals surface area contributed by atoms with Gasteiger partial charge in [-0.25, -0.2) is 0 Å². The van der Waals surface area contributed by atoms with Gasteiger partial charge in [0.2, 0.25) is 0 Å². The molecule has 0 nitrogen and oxygen atoms in total. The normalized spacial score (nSPS) is 70.4. The molecule has 0 atom stereocenters. The summed E-state index contributed by atoms with van der Waals surface area (Å²) in [6.07, 6.45) is 0. The standard InChI is InChI=1S/CHBS3/c2-5-1(3-5)4-5/h1H. The first kappa shape index (κ1) is 3.16. The van der Waals surface area contributed by atoms with Crippen LogP contribution in [0, 0.1) is 0 Å². The monoisotopic (exact) mass is 120 g/mol. The third-order valence-electron chi connectivity index (χ3n) is 0.650. The Labute approximate surface area is 39.7 Å². The van der Waals surface area contributed by atoms with E-state index in [1.807, 2.05) is 21.6 Å². The van der Waals surface area contributed by atoms with Gasteiger partial charge in [0, 0.05) is 0 Å². The molecule has 0 aromatic rings. The average Bonchev–Trinajstić information content (AvgIpc) is 1.74. The molecule has 0 saturated carbocycles. The van der Waals surface area contributed by atoms with Gasteiger partial charge in [-0.2, -0.15) is 0 Å². The van der Waals surface area contributed by atoms with Gasteiger partial charge in [0.25, 0.3) is 0 Å².